The Morgan fingerprint density at radius 2 is 1.78 bits per heavy atom. The van der Waals surface area contributed by atoms with Gasteiger partial charge in [-0.3, -0.25) is 4.79 Å². The van der Waals surface area contributed by atoms with E-state index in [0.29, 0.717) is 18.1 Å². The zero-order valence-corrected chi connectivity index (χ0v) is 17.6. The third-order valence-corrected chi connectivity index (χ3v) is 5.65. The van der Waals surface area contributed by atoms with E-state index in [4.69, 9.17) is 0 Å². The SMILES string of the molecule is Cc1nc(C(=O)Nc2ccccc2CN2CCc3ccccc32)nn1-c1ccc(F)cc1. The second-order valence-corrected chi connectivity index (χ2v) is 7.78. The number of nitrogens with zero attached hydrogens (tertiary/aromatic N) is 4. The van der Waals surface area contributed by atoms with Crippen molar-refractivity contribution in [2.45, 2.75) is 19.9 Å². The van der Waals surface area contributed by atoms with Gasteiger partial charge in [-0.25, -0.2) is 14.1 Å². The highest BCUT2D eigenvalue weighted by atomic mass is 19.1. The van der Waals surface area contributed by atoms with E-state index in [-0.39, 0.29) is 17.5 Å². The van der Waals surface area contributed by atoms with Gasteiger partial charge in [0.2, 0.25) is 5.82 Å². The topological polar surface area (TPSA) is 63.1 Å². The number of aromatic nitrogens is 3. The average molecular weight is 427 g/mol. The molecule has 1 amide bonds. The predicted octanol–water partition coefficient (Wildman–Crippen LogP) is 4.53. The number of carbonyl (C=O) groups excluding carboxylic acids is 1. The van der Waals surface area contributed by atoms with E-state index in [9.17, 15) is 9.18 Å². The maximum Gasteiger partial charge on any atom is 0.295 e. The third kappa shape index (κ3) is 3.85. The second-order valence-electron chi connectivity index (χ2n) is 7.78. The van der Waals surface area contributed by atoms with Gasteiger partial charge in [0.25, 0.3) is 5.91 Å². The number of nitrogens with one attached hydrogen (secondary N) is 1. The first-order chi connectivity index (χ1) is 15.6. The molecular weight excluding hydrogens is 405 g/mol. The van der Waals surface area contributed by atoms with Crippen LogP contribution in [0.2, 0.25) is 0 Å². The molecule has 0 saturated heterocycles. The van der Waals surface area contributed by atoms with Crippen molar-refractivity contribution < 1.29 is 9.18 Å². The number of hydrogen-bond acceptors (Lipinski definition) is 4. The molecule has 1 aliphatic rings. The third-order valence-electron chi connectivity index (χ3n) is 5.65. The average Bonchev–Trinajstić information content (AvgIpc) is 3.39. The fraction of sp³-hybridized carbons (Fsp3) is 0.160. The van der Waals surface area contributed by atoms with Crippen LogP contribution < -0.4 is 10.2 Å². The number of anilines is 2. The highest BCUT2D eigenvalue weighted by Crippen LogP contribution is 2.30. The van der Waals surface area contributed by atoms with Gasteiger partial charge >= 0.3 is 0 Å². The van der Waals surface area contributed by atoms with E-state index < -0.39 is 0 Å². The molecule has 0 saturated carbocycles. The zero-order chi connectivity index (χ0) is 22.1. The van der Waals surface area contributed by atoms with E-state index in [1.807, 2.05) is 24.3 Å². The van der Waals surface area contributed by atoms with Crippen molar-refractivity contribution in [2.75, 3.05) is 16.8 Å². The molecule has 0 unspecified atom stereocenters. The first-order valence-electron chi connectivity index (χ1n) is 10.5. The molecule has 0 aliphatic carbocycles. The van der Waals surface area contributed by atoms with Crippen LogP contribution in [0.4, 0.5) is 15.8 Å². The monoisotopic (exact) mass is 427 g/mol. The van der Waals surface area contributed by atoms with Gasteiger partial charge in [0.15, 0.2) is 0 Å². The first-order valence-corrected chi connectivity index (χ1v) is 10.5. The van der Waals surface area contributed by atoms with E-state index in [1.165, 1.54) is 28.1 Å². The molecule has 0 spiro atoms. The van der Waals surface area contributed by atoms with Crippen LogP contribution >= 0.6 is 0 Å². The summed E-state index contributed by atoms with van der Waals surface area (Å²) in [4.78, 5) is 19.6. The number of benzene rings is 3. The molecule has 0 atom stereocenters. The standard InChI is InChI=1S/C25H22FN5O/c1-17-27-24(29-31(17)21-12-10-20(26)11-13-21)25(32)28-22-8-4-2-7-19(22)16-30-15-14-18-6-3-5-9-23(18)30/h2-13H,14-16H2,1H3,(H,28,32). The second kappa shape index (κ2) is 8.26. The number of amides is 1. The van der Waals surface area contributed by atoms with Crippen LogP contribution in [0, 0.1) is 12.7 Å². The van der Waals surface area contributed by atoms with Gasteiger partial charge in [-0.1, -0.05) is 36.4 Å². The summed E-state index contributed by atoms with van der Waals surface area (Å²) in [5.41, 5.74) is 4.98. The molecule has 0 fully saturated rings. The van der Waals surface area contributed by atoms with Gasteiger partial charge in [0.1, 0.15) is 11.6 Å². The maximum atomic E-state index is 13.2. The maximum absolute atomic E-state index is 13.2. The summed E-state index contributed by atoms with van der Waals surface area (Å²) in [6, 6.07) is 22.1. The van der Waals surface area contributed by atoms with Gasteiger partial charge < -0.3 is 10.2 Å². The van der Waals surface area contributed by atoms with Crippen LogP contribution in [-0.2, 0) is 13.0 Å². The molecule has 7 heteroatoms. The molecule has 160 valence electrons. The molecule has 1 aliphatic heterocycles. The van der Waals surface area contributed by atoms with Crippen LogP contribution in [-0.4, -0.2) is 27.2 Å². The lowest BCUT2D eigenvalue weighted by atomic mass is 10.1. The highest BCUT2D eigenvalue weighted by molar-refractivity contribution is 6.02. The summed E-state index contributed by atoms with van der Waals surface area (Å²) in [5, 5.41) is 7.29. The van der Waals surface area contributed by atoms with Crippen molar-refractivity contribution in [3.8, 4) is 5.69 Å². The number of carbonyl (C=O) groups is 1. The molecule has 6 nitrogen and oxygen atoms in total. The number of aryl methyl sites for hydroxylation is 1. The van der Waals surface area contributed by atoms with E-state index in [0.717, 1.165) is 24.2 Å². The Bertz CT molecular complexity index is 1280. The summed E-state index contributed by atoms with van der Waals surface area (Å²) in [5.74, 6) is -0.109. The van der Waals surface area contributed by atoms with E-state index >= 15 is 0 Å². The van der Waals surface area contributed by atoms with Crippen molar-refractivity contribution in [3.05, 3.63) is 101 Å². The minimum Gasteiger partial charge on any atom is -0.367 e. The molecule has 0 radical (unpaired) electrons. The van der Waals surface area contributed by atoms with Crippen LogP contribution in [0.1, 0.15) is 27.6 Å². The minimum atomic E-state index is -0.386. The Morgan fingerprint density at radius 1 is 1.03 bits per heavy atom. The summed E-state index contributed by atoms with van der Waals surface area (Å²) < 4.78 is 14.8. The summed E-state index contributed by atoms with van der Waals surface area (Å²) in [7, 11) is 0. The highest BCUT2D eigenvalue weighted by Gasteiger charge is 2.21. The lowest BCUT2D eigenvalue weighted by Gasteiger charge is -2.21. The van der Waals surface area contributed by atoms with Crippen molar-refractivity contribution in [1.82, 2.24) is 14.8 Å². The van der Waals surface area contributed by atoms with Gasteiger partial charge in [0.05, 0.1) is 5.69 Å². The number of halogens is 1. The summed E-state index contributed by atoms with van der Waals surface area (Å²) in [6.45, 7) is 3.40. The largest absolute Gasteiger partial charge is 0.367 e. The smallest absolute Gasteiger partial charge is 0.295 e. The lowest BCUT2D eigenvalue weighted by molar-refractivity contribution is 0.101. The minimum absolute atomic E-state index is 0.0631. The molecule has 0 bridgehead atoms. The van der Waals surface area contributed by atoms with Crippen LogP contribution in [0.25, 0.3) is 5.69 Å². The lowest BCUT2D eigenvalue weighted by Crippen LogP contribution is -2.22. The fourth-order valence-electron chi connectivity index (χ4n) is 4.05. The molecule has 3 aromatic carbocycles. The van der Waals surface area contributed by atoms with Crippen LogP contribution in [0.5, 0.6) is 0 Å². The molecule has 2 heterocycles. The molecule has 32 heavy (non-hydrogen) atoms. The Morgan fingerprint density at radius 3 is 2.62 bits per heavy atom. The predicted molar refractivity (Wildman–Crippen MR) is 122 cm³/mol. The van der Waals surface area contributed by atoms with Gasteiger partial charge in [-0.15, -0.1) is 5.10 Å². The van der Waals surface area contributed by atoms with Gasteiger partial charge in [-0.2, -0.15) is 0 Å². The number of rotatable bonds is 5. The normalized spacial score (nSPS) is 12.6. The van der Waals surface area contributed by atoms with Crippen LogP contribution in [0.3, 0.4) is 0 Å². The molecule has 1 N–H and O–H groups in total. The van der Waals surface area contributed by atoms with Crippen molar-refractivity contribution in [1.29, 1.82) is 0 Å². The molecule has 4 aromatic rings. The van der Waals surface area contributed by atoms with Crippen molar-refractivity contribution in [3.63, 3.8) is 0 Å². The molecular formula is C25H22FN5O. The van der Waals surface area contributed by atoms with E-state index in [1.54, 1.807) is 19.1 Å². The molecule has 1 aromatic heterocycles. The quantitative estimate of drug-likeness (QED) is 0.508. The number of hydrogen-bond donors (Lipinski definition) is 1. The van der Waals surface area contributed by atoms with Crippen molar-refractivity contribution >= 4 is 17.3 Å². The Kier molecular flexibility index (Phi) is 5.15. The van der Waals surface area contributed by atoms with Crippen molar-refractivity contribution in [2.24, 2.45) is 0 Å². The zero-order valence-electron chi connectivity index (χ0n) is 17.6. The number of para-hydroxylation sites is 2. The van der Waals surface area contributed by atoms with Gasteiger partial charge in [-0.05, 0) is 60.9 Å². The van der Waals surface area contributed by atoms with Gasteiger partial charge in [0, 0.05) is 24.5 Å². The van der Waals surface area contributed by atoms with E-state index in [2.05, 4.69) is 44.6 Å². The Balaban J connectivity index is 1.36. The molecule has 5 rings (SSSR count). The summed E-state index contributed by atoms with van der Waals surface area (Å²) in [6.07, 6.45) is 1.02. The number of fused-ring (bicyclic) bond motifs is 1. The first kappa shape index (κ1) is 19.9. The van der Waals surface area contributed by atoms with Crippen LogP contribution in [0.15, 0.2) is 72.8 Å². The fourth-order valence-corrected chi connectivity index (χ4v) is 4.05. The summed E-state index contributed by atoms with van der Waals surface area (Å²) >= 11 is 0. The Labute approximate surface area is 185 Å². The Hall–Kier alpha value is -4.00.